The number of esters is 1. The fourth-order valence-electron chi connectivity index (χ4n) is 3.08. The number of para-hydroxylation sites is 1. The number of nitro groups is 1. The molecule has 0 spiro atoms. The highest BCUT2D eigenvalue weighted by Crippen LogP contribution is 2.39. The maximum Gasteiger partial charge on any atom is 0.341 e. The average molecular weight is 455 g/mol. The van der Waals surface area contributed by atoms with Gasteiger partial charge in [0.2, 0.25) is 5.28 Å². The minimum atomic E-state index is -0.510. The smallest absolute Gasteiger partial charge is 0.341 e. The van der Waals surface area contributed by atoms with E-state index in [0.29, 0.717) is 33.0 Å². The number of ether oxygens (including phenoxy) is 1. The lowest BCUT2D eigenvalue weighted by Gasteiger charge is -2.11. The van der Waals surface area contributed by atoms with Crippen LogP contribution < -0.4 is 5.32 Å². The highest BCUT2D eigenvalue weighted by atomic mass is 35.5. The van der Waals surface area contributed by atoms with E-state index in [1.165, 1.54) is 23.5 Å². The molecule has 1 N–H and O–H groups in total. The highest BCUT2D eigenvalue weighted by Gasteiger charge is 2.23. The van der Waals surface area contributed by atoms with Crippen molar-refractivity contribution >= 4 is 56.3 Å². The van der Waals surface area contributed by atoms with Gasteiger partial charge in [-0.1, -0.05) is 12.1 Å². The molecule has 31 heavy (non-hydrogen) atoms. The van der Waals surface area contributed by atoms with Gasteiger partial charge in [0.05, 0.1) is 17.0 Å². The Kier molecular flexibility index (Phi) is 5.79. The summed E-state index contributed by atoms with van der Waals surface area (Å²) in [5, 5.41) is 17.3. The van der Waals surface area contributed by atoms with Crippen LogP contribution in [-0.4, -0.2) is 27.5 Å². The summed E-state index contributed by atoms with van der Waals surface area (Å²) in [7, 11) is 0. The van der Waals surface area contributed by atoms with E-state index < -0.39 is 10.9 Å². The predicted molar refractivity (Wildman–Crippen MR) is 120 cm³/mol. The molecule has 156 valence electrons. The molecule has 0 fully saturated rings. The summed E-state index contributed by atoms with van der Waals surface area (Å²) in [5.74, 6) is -0.0534. The first-order chi connectivity index (χ1) is 15.0. The normalized spacial score (nSPS) is 10.8. The molecule has 4 rings (SSSR count). The molecule has 2 heterocycles. The summed E-state index contributed by atoms with van der Waals surface area (Å²) in [6, 6.07) is 13.4. The topological polar surface area (TPSA) is 107 Å². The van der Waals surface area contributed by atoms with Crippen molar-refractivity contribution in [2.24, 2.45) is 0 Å². The third kappa shape index (κ3) is 4.18. The second-order valence-electron chi connectivity index (χ2n) is 6.36. The first kappa shape index (κ1) is 20.7. The van der Waals surface area contributed by atoms with Crippen LogP contribution in [0, 0.1) is 10.1 Å². The van der Waals surface area contributed by atoms with Gasteiger partial charge < -0.3 is 10.1 Å². The van der Waals surface area contributed by atoms with E-state index in [-0.39, 0.29) is 17.6 Å². The molecule has 2 aromatic heterocycles. The van der Waals surface area contributed by atoms with Crippen LogP contribution in [0.15, 0.2) is 53.9 Å². The number of nitro benzene ring substituents is 1. The zero-order chi connectivity index (χ0) is 22.0. The van der Waals surface area contributed by atoms with E-state index in [0.717, 1.165) is 5.39 Å². The molecule has 0 bridgehead atoms. The fraction of sp³-hybridized carbons (Fsp3) is 0.0952. The molecule has 0 aliphatic rings. The third-order valence-corrected chi connectivity index (χ3v) is 5.53. The number of rotatable bonds is 6. The monoisotopic (exact) mass is 454 g/mol. The summed E-state index contributed by atoms with van der Waals surface area (Å²) in [6.07, 6.45) is 0. The van der Waals surface area contributed by atoms with Crippen molar-refractivity contribution in [3.63, 3.8) is 0 Å². The van der Waals surface area contributed by atoms with Gasteiger partial charge in [-0.2, -0.15) is 4.98 Å². The maximum absolute atomic E-state index is 12.8. The number of benzene rings is 2. The lowest BCUT2D eigenvalue weighted by Crippen LogP contribution is -2.08. The molecule has 0 radical (unpaired) electrons. The molecule has 4 aromatic rings. The van der Waals surface area contributed by atoms with Crippen LogP contribution in [0.5, 0.6) is 0 Å². The van der Waals surface area contributed by atoms with Crippen molar-refractivity contribution in [3.05, 3.63) is 74.9 Å². The van der Waals surface area contributed by atoms with Crippen LogP contribution in [0.4, 0.5) is 16.5 Å². The van der Waals surface area contributed by atoms with Crippen molar-refractivity contribution in [2.75, 3.05) is 11.9 Å². The molecule has 0 saturated carbocycles. The van der Waals surface area contributed by atoms with Crippen LogP contribution in [-0.2, 0) is 4.74 Å². The Labute approximate surface area is 185 Å². The number of halogens is 1. The van der Waals surface area contributed by atoms with Crippen LogP contribution in [0.25, 0.3) is 22.0 Å². The van der Waals surface area contributed by atoms with E-state index in [4.69, 9.17) is 16.3 Å². The Bertz CT molecular complexity index is 1290. The molecule has 0 aliphatic heterocycles. The Morgan fingerprint density at radius 1 is 1.19 bits per heavy atom. The largest absolute Gasteiger partial charge is 0.462 e. The second-order valence-corrected chi connectivity index (χ2v) is 7.58. The number of fused-ring (bicyclic) bond motifs is 1. The number of nitrogens with zero attached hydrogens (tertiary/aromatic N) is 3. The van der Waals surface area contributed by atoms with E-state index in [1.807, 2.05) is 24.3 Å². The Morgan fingerprint density at radius 2 is 1.94 bits per heavy atom. The summed E-state index contributed by atoms with van der Waals surface area (Å²) in [5.41, 5.74) is 2.21. The van der Waals surface area contributed by atoms with Crippen molar-refractivity contribution in [2.45, 2.75) is 6.92 Å². The number of hydrogen-bond donors (Lipinski definition) is 1. The van der Waals surface area contributed by atoms with Crippen LogP contribution >= 0.6 is 22.9 Å². The van der Waals surface area contributed by atoms with Gasteiger partial charge in [0, 0.05) is 28.5 Å². The molecule has 10 heteroatoms. The number of non-ortho nitro benzene ring substituents is 1. The van der Waals surface area contributed by atoms with Crippen LogP contribution in [0.1, 0.15) is 17.3 Å². The van der Waals surface area contributed by atoms with Crippen LogP contribution in [0.3, 0.4) is 0 Å². The van der Waals surface area contributed by atoms with Gasteiger partial charge in [0.25, 0.3) is 5.69 Å². The second kappa shape index (κ2) is 8.66. The van der Waals surface area contributed by atoms with Gasteiger partial charge in [0.1, 0.15) is 16.4 Å². The minimum absolute atomic E-state index is 0.0305. The Balaban J connectivity index is 1.80. The van der Waals surface area contributed by atoms with Crippen molar-refractivity contribution < 1.29 is 14.5 Å². The molecule has 0 atom stereocenters. The number of carbonyl (C=O) groups excluding carboxylic acids is 1. The van der Waals surface area contributed by atoms with E-state index in [1.54, 1.807) is 24.4 Å². The average Bonchev–Trinajstić information content (AvgIpc) is 3.17. The van der Waals surface area contributed by atoms with Crippen LogP contribution in [0.2, 0.25) is 5.28 Å². The number of nitrogens with one attached hydrogen (secondary N) is 1. The molecular weight excluding hydrogens is 440 g/mol. The Morgan fingerprint density at radius 3 is 2.65 bits per heavy atom. The summed E-state index contributed by atoms with van der Waals surface area (Å²) >= 11 is 7.37. The van der Waals surface area contributed by atoms with Gasteiger partial charge in [-0.15, -0.1) is 11.3 Å². The molecule has 0 amide bonds. The van der Waals surface area contributed by atoms with Crippen molar-refractivity contribution in [3.8, 4) is 11.1 Å². The number of thiophene rings is 1. The summed E-state index contributed by atoms with van der Waals surface area (Å²) < 4.78 is 5.26. The number of aromatic nitrogens is 2. The van der Waals surface area contributed by atoms with Gasteiger partial charge in [-0.3, -0.25) is 10.1 Å². The summed E-state index contributed by atoms with van der Waals surface area (Å²) in [4.78, 5) is 31.8. The first-order valence-corrected chi connectivity index (χ1v) is 10.5. The molecule has 0 aliphatic carbocycles. The summed E-state index contributed by atoms with van der Waals surface area (Å²) in [6.45, 7) is 1.93. The molecule has 0 saturated heterocycles. The van der Waals surface area contributed by atoms with E-state index >= 15 is 0 Å². The lowest BCUT2D eigenvalue weighted by atomic mass is 10.0. The van der Waals surface area contributed by atoms with E-state index in [9.17, 15) is 14.9 Å². The molecule has 2 aromatic carbocycles. The fourth-order valence-corrected chi connectivity index (χ4v) is 4.21. The maximum atomic E-state index is 12.8. The first-order valence-electron chi connectivity index (χ1n) is 9.20. The quantitative estimate of drug-likeness (QED) is 0.169. The molecular formula is C21H15ClN4O4S. The zero-order valence-corrected chi connectivity index (χ0v) is 17.7. The SMILES string of the molecule is CCOC(=O)c1c(-c2ccc([N+](=O)[O-])cc2)csc1Nc1nc(Cl)nc2ccccc12. The van der Waals surface area contributed by atoms with Gasteiger partial charge in [-0.25, -0.2) is 9.78 Å². The predicted octanol–water partition coefficient (Wildman–Crippen LogP) is 5.84. The van der Waals surface area contributed by atoms with E-state index in [2.05, 4.69) is 15.3 Å². The van der Waals surface area contributed by atoms with Gasteiger partial charge in [0.15, 0.2) is 0 Å². The molecule has 0 unspecified atom stereocenters. The van der Waals surface area contributed by atoms with Crippen molar-refractivity contribution in [1.29, 1.82) is 0 Å². The highest BCUT2D eigenvalue weighted by molar-refractivity contribution is 7.15. The number of hydrogen-bond acceptors (Lipinski definition) is 8. The third-order valence-electron chi connectivity index (χ3n) is 4.47. The number of carbonyl (C=O) groups is 1. The minimum Gasteiger partial charge on any atom is -0.462 e. The standard InChI is InChI=1S/C21H15ClN4O4S/c1-2-30-20(27)17-15(12-7-9-13(10-8-12)26(28)29)11-31-19(17)24-18-14-5-3-4-6-16(14)23-21(22)25-18/h3-11H,2H2,1H3,(H,23,24,25). The molecule has 8 nitrogen and oxygen atoms in total. The lowest BCUT2D eigenvalue weighted by molar-refractivity contribution is -0.384. The van der Waals surface area contributed by atoms with Crippen molar-refractivity contribution in [1.82, 2.24) is 9.97 Å². The number of anilines is 2. The van der Waals surface area contributed by atoms with Gasteiger partial charge in [-0.05, 0) is 48.4 Å². The zero-order valence-electron chi connectivity index (χ0n) is 16.2. The Hall–Kier alpha value is -3.56. The van der Waals surface area contributed by atoms with Gasteiger partial charge >= 0.3 is 5.97 Å².